The Kier molecular flexibility index (Phi) is 5.05. The molecule has 1 saturated carbocycles. The molecule has 1 amide bonds. The second-order valence-electron chi connectivity index (χ2n) is 5.72. The maximum atomic E-state index is 12.7. The van der Waals surface area contributed by atoms with Gasteiger partial charge in [0.1, 0.15) is 5.15 Å². The fourth-order valence-corrected chi connectivity index (χ4v) is 2.81. The molecule has 1 aromatic heterocycles. The first-order valence-electron chi connectivity index (χ1n) is 7.14. The summed E-state index contributed by atoms with van der Waals surface area (Å²) < 4.78 is 1.54. The van der Waals surface area contributed by atoms with Gasteiger partial charge in [0, 0.05) is 32.2 Å². The normalized spacial score (nSPS) is 16.1. The van der Waals surface area contributed by atoms with Crippen LogP contribution in [0.25, 0.3) is 0 Å². The van der Waals surface area contributed by atoms with Gasteiger partial charge in [-0.1, -0.05) is 24.4 Å². The molecule has 0 bridgehead atoms. The molecule has 20 heavy (non-hydrogen) atoms. The molecule has 2 rings (SSSR count). The largest absolute Gasteiger partial charge is 0.333 e. The van der Waals surface area contributed by atoms with Crippen molar-refractivity contribution in [1.29, 1.82) is 0 Å². The number of hydrogen-bond acceptors (Lipinski definition) is 3. The summed E-state index contributed by atoms with van der Waals surface area (Å²) in [6.45, 7) is 1.60. The Morgan fingerprint density at radius 1 is 1.40 bits per heavy atom. The van der Waals surface area contributed by atoms with E-state index in [0.717, 1.165) is 25.9 Å². The third-order valence-electron chi connectivity index (χ3n) is 3.86. The van der Waals surface area contributed by atoms with Crippen molar-refractivity contribution in [3.63, 3.8) is 0 Å². The monoisotopic (exact) mass is 298 g/mol. The highest BCUT2D eigenvalue weighted by Gasteiger charge is 2.28. The Morgan fingerprint density at radius 2 is 2.05 bits per heavy atom. The van der Waals surface area contributed by atoms with Gasteiger partial charge >= 0.3 is 0 Å². The summed E-state index contributed by atoms with van der Waals surface area (Å²) in [5, 5.41) is 4.70. The van der Waals surface area contributed by atoms with E-state index in [1.807, 2.05) is 19.0 Å². The molecule has 0 aliphatic heterocycles. The molecule has 0 unspecified atom stereocenters. The third-order valence-corrected chi connectivity index (χ3v) is 4.21. The van der Waals surface area contributed by atoms with Crippen LogP contribution in [0.3, 0.4) is 0 Å². The highest BCUT2D eigenvalue weighted by atomic mass is 35.5. The maximum Gasteiger partial charge on any atom is 0.274 e. The van der Waals surface area contributed by atoms with Crippen LogP contribution in [0.15, 0.2) is 6.07 Å². The number of hydrogen-bond donors (Lipinski definition) is 0. The van der Waals surface area contributed by atoms with Gasteiger partial charge in [-0.05, 0) is 26.9 Å². The van der Waals surface area contributed by atoms with Crippen LogP contribution in [0.4, 0.5) is 0 Å². The van der Waals surface area contributed by atoms with E-state index < -0.39 is 0 Å². The van der Waals surface area contributed by atoms with E-state index in [1.54, 1.807) is 13.1 Å². The van der Waals surface area contributed by atoms with Gasteiger partial charge in [-0.3, -0.25) is 9.48 Å². The first-order chi connectivity index (χ1) is 9.49. The number of aromatic nitrogens is 2. The average Bonchev–Trinajstić information content (AvgIpc) is 3.00. The highest BCUT2D eigenvalue weighted by Crippen LogP contribution is 2.25. The van der Waals surface area contributed by atoms with Crippen molar-refractivity contribution in [3.05, 3.63) is 16.9 Å². The van der Waals surface area contributed by atoms with Crippen molar-refractivity contribution in [1.82, 2.24) is 19.6 Å². The van der Waals surface area contributed by atoms with E-state index in [0.29, 0.717) is 16.9 Å². The van der Waals surface area contributed by atoms with Crippen LogP contribution in [0.2, 0.25) is 5.15 Å². The smallest absolute Gasteiger partial charge is 0.274 e. The van der Waals surface area contributed by atoms with Gasteiger partial charge in [-0.2, -0.15) is 5.10 Å². The van der Waals surface area contributed by atoms with Crippen molar-refractivity contribution in [2.24, 2.45) is 7.05 Å². The molecule has 1 heterocycles. The van der Waals surface area contributed by atoms with Gasteiger partial charge in [-0.15, -0.1) is 0 Å². The molecular formula is C14H23ClN4O. The van der Waals surface area contributed by atoms with Gasteiger partial charge in [-0.25, -0.2) is 0 Å². The van der Waals surface area contributed by atoms with Crippen LogP contribution in [0.1, 0.15) is 36.2 Å². The molecule has 1 aromatic rings. The average molecular weight is 299 g/mol. The molecule has 112 valence electrons. The van der Waals surface area contributed by atoms with Crippen LogP contribution >= 0.6 is 11.6 Å². The molecule has 0 spiro atoms. The summed E-state index contributed by atoms with van der Waals surface area (Å²) in [4.78, 5) is 16.8. The minimum Gasteiger partial charge on any atom is -0.333 e. The van der Waals surface area contributed by atoms with Gasteiger partial charge in [0.05, 0.1) is 0 Å². The molecule has 6 heteroatoms. The molecule has 0 radical (unpaired) electrons. The zero-order valence-electron chi connectivity index (χ0n) is 12.5. The molecule has 0 aromatic carbocycles. The number of rotatable bonds is 5. The molecule has 0 atom stereocenters. The van der Waals surface area contributed by atoms with Crippen molar-refractivity contribution >= 4 is 17.5 Å². The quantitative estimate of drug-likeness (QED) is 0.835. The minimum atomic E-state index is 0.00116. The van der Waals surface area contributed by atoms with Crippen LogP contribution in [0.5, 0.6) is 0 Å². The number of carbonyl (C=O) groups excluding carboxylic acids is 1. The number of aryl methyl sites for hydroxylation is 1. The second kappa shape index (κ2) is 6.59. The summed E-state index contributed by atoms with van der Waals surface area (Å²) in [5.41, 5.74) is 0.447. The molecule has 0 saturated heterocycles. The lowest BCUT2D eigenvalue weighted by molar-refractivity contribution is 0.0661. The number of amides is 1. The summed E-state index contributed by atoms with van der Waals surface area (Å²) in [6.07, 6.45) is 4.61. The predicted molar refractivity (Wildman–Crippen MR) is 80.1 cm³/mol. The SMILES string of the molecule is CN(C)CCN(C(=O)c1cc(Cl)n(C)n1)C1CCCC1. The van der Waals surface area contributed by atoms with Crippen LogP contribution < -0.4 is 0 Å². The van der Waals surface area contributed by atoms with E-state index in [1.165, 1.54) is 17.5 Å². The zero-order chi connectivity index (χ0) is 14.7. The minimum absolute atomic E-state index is 0.00116. The Bertz CT molecular complexity index is 446. The molecule has 1 fully saturated rings. The number of nitrogens with zero attached hydrogens (tertiary/aromatic N) is 4. The number of carbonyl (C=O) groups is 1. The van der Waals surface area contributed by atoms with E-state index in [9.17, 15) is 4.79 Å². The van der Waals surface area contributed by atoms with Gasteiger partial charge in [0.2, 0.25) is 0 Å². The van der Waals surface area contributed by atoms with E-state index in [2.05, 4.69) is 10.00 Å². The first-order valence-corrected chi connectivity index (χ1v) is 7.52. The fraction of sp³-hybridized carbons (Fsp3) is 0.714. The standard InChI is InChI=1S/C14H23ClN4O/c1-17(2)8-9-19(11-6-4-5-7-11)14(20)12-10-13(15)18(3)16-12/h10-11H,4-9H2,1-3H3. The molecule has 1 aliphatic rings. The van der Waals surface area contributed by atoms with Crippen molar-refractivity contribution in [2.75, 3.05) is 27.2 Å². The van der Waals surface area contributed by atoms with E-state index >= 15 is 0 Å². The Balaban J connectivity index is 2.13. The van der Waals surface area contributed by atoms with Crippen molar-refractivity contribution in [2.45, 2.75) is 31.7 Å². The lowest BCUT2D eigenvalue weighted by Gasteiger charge is -2.29. The van der Waals surface area contributed by atoms with Crippen LogP contribution in [-0.2, 0) is 7.05 Å². The fourth-order valence-electron chi connectivity index (χ4n) is 2.67. The Morgan fingerprint density at radius 3 is 2.55 bits per heavy atom. The lowest BCUT2D eigenvalue weighted by atomic mass is 10.2. The summed E-state index contributed by atoms with van der Waals surface area (Å²) in [5.74, 6) is 0.00116. The van der Waals surface area contributed by atoms with Crippen molar-refractivity contribution in [3.8, 4) is 0 Å². The topological polar surface area (TPSA) is 41.4 Å². The molecular weight excluding hydrogens is 276 g/mol. The number of halogens is 1. The third kappa shape index (κ3) is 3.52. The second-order valence-corrected chi connectivity index (χ2v) is 6.10. The van der Waals surface area contributed by atoms with E-state index in [-0.39, 0.29) is 5.91 Å². The van der Waals surface area contributed by atoms with Gasteiger partial charge < -0.3 is 9.80 Å². The molecule has 5 nitrogen and oxygen atoms in total. The Hall–Kier alpha value is -1.07. The number of likely N-dealkylation sites (N-methyl/N-ethyl adjacent to an activating group) is 1. The van der Waals surface area contributed by atoms with E-state index in [4.69, 9.17) is 11.6 Å². The molecule has 1 aliphatic carbocycles. The molecule has 0 N–H and O–H groups in total. The zero-order valence-corrected chi connectivity index (χ0v) is 13.2. The summed E-state index contributed by atoms with van der Waals surface area (Å²) in [7, 11) is 5.79. The Labute approximate surface area is 125 Å². The lowest BCUT2D eigenvalue weighted by Crippen LogP contribution is -2.42. The first kappa shape index (κ1) is 15.3. The maximum absolute atomic E-state index is 12.7. The summed E-state index contributed by atoms with van der Waals surface area (Å²) >= 11 is 5.99. The van der Waals surface area contributed by atoms with Gasteiger partial charge in [0.15, 0.2) is 5.69 Å². The van der Waals surface area contributed by atoms with Crippen LogP contribution in [-0.4, -0.2) is 58.7 Å². The summed E-state index contributed by atoms with van der Waals surface area (Å²) in [6, 6.07) is 2.00. The van der Waals surface area contributed by atoms with Crippen LogP contribution in [0, 0.1) is 0 Å². The predicted octanol–water partition coefficient (Wildman–Crippen LogP) is 2.02. The highest BCUT2D eigenvalue weighted by molar-refractivity contribution is 6.29. The van der Waals surface area contributed by atoms with Crippen molar-refractivity contribution < 1.29 is 4.79 Å². The van der Waals surface area contributed by atoms with Gasteiger partial charge in [0.25, 0.3) is 5.91 Å².